The van der Waals surface area contributed by atoms with Crippen LogP contribution in [0.25, 0.3) is 0 Å². The quantitative estimate of drug-likeness (QED) is 0.279. The summed E-state index contributed by atoms with van der Waals surface area (Å²) < 4.78 is 37.2. The normalized spacial score (nSPS) is 19.2. The zero-order valence-corrected chi connectivity index (χ0v) is 28.9. The first-order valence-electron chi connectivity index (χ1n) is 16.9. The number of fused-ring (bicyclic) bond motifs is 2. The highest BCUT2D eigenvalue weighted by molar-refractivity contribution is 5.95. The third-order valence-electron chi connectivity index (χ3n) is 10.5. The first-order valence-corrected chi connectivity index (χ1v) is 16.9. The van der Waals surface area contributed by atoms with Crippen LogP contribution >= 0.6 is 0 Å². The van der Waals surface area contributed by atoms with Gasteiger partial charge in [0.05, 0.1) is 40.2 Å². The molecule has 0 aliphatic carbocycles. The number of benzene rings is 4. The summed E-state index contributed by atoms with van der Waals surface area (Å²) >= 11 is 0. The Hall–Kier alpha value is -4.97. The summed E-state index contributed by atoms with van der Waals surface area (Å²) in [6, 6.07) is 17.9. The SMILES string of the molecule is COc1cc2c3cc1Oc1ccc(cc1)CC1c4cc(c(OC)cc4CCN1C)Oc1c(OC)c(OC)cc4c1[C@H](C3)N(CC4)N2C(=O)CO. The predicted molar refractivity (Wildman–Crippen MR) is 186 cm³/mol. The number of ether oxygens (including phenoxy) is 6. The van der Waals surface area contributed by atoms with E-state index >= 15 is 0 Å². The van der Waals surface area contributed by atoms with E-state index in [-0.39, 0.29) is 12.1 Å². The minimum Gasteiger partial charge on any atom is -0.493 e. The number of aliphatic hydroxyl groups is 1. The Kier molecular flexibility index (Phi) is 8.21. The molecule has 4 aromatic rings. The maximum absolute atomic E-state index is 13.6. The Balaban J connectivity index is 1.40. The monoisotopic (exact) mass is 679 g/mol. The van der Waals surface area contributed by atoms with Gasteiger partial charge in [-0.05, 0) is 96.9 Å². The molecule has 5 aliphatic heterocycles. The number of carbonyl (C=O) groups excluding carboxylic acids is 1. The summed E-state index contributed by atoms with van der Waals surface area (Å²) in [5.41, 5.74) is 6.95. The van der Waals surface area contributed by atoms with Gasteiger partial charge in [0, 0.05) is 30.8 Å². The molecule has 50 heavy (non-hydrogen) atoms. The topological polar surface area (TPSA) is 102 Å². The van der Waals surface area contributed by atoms with Crippen molar-refractivity contribution in [3.05, 3.63) is 88.0 Å². The standard InChI is InChI=1S/C39H41N3O8/c1-40-12-10-23-16-31(45-2)34-19-27(23)29(40)14-22-6-8-26(9-7-22)49-33-18-25-15-30-37-24(17-35(47-4)38(48-5)39(37)50-34)11-13-41(30)42(36(44)21-43)28(25)20-32(33)46-3/h6-9,16-20,29-30,43H,10-15,21H2,1-5H3/t29?,30-/m0/s1. The van der Waals surface area contributed by atoms with Crippen LogP contribution in [0, 0.1) is 0 Å². The van der Waals surface area contributed by atoms with Gasteiger partial charge in [-0.25, -0.2) is 10.0 Å². The number of hydrazine groups is 1. The zero-order chi connectivity index (χ0) is 34.7. The number of methoxy groups -OCH3 is 4. The Morgan fingerprint density at radius 2 is 1.48 bits per heavy atom. The number of likely N-dealkylation sites (N-methyl/N-ethyl adjacent to an activating group) is 1. The van der Waals surface area contributed by atoms with E-state index in [1.54, 1.807) is 33.4 Å². The van der Waals surface area contributed by atoms with E-state index in [1.807, 2.05) is 35.3 Å². The fourth-order valence-electron chi connectivity index (χ4n) is 8.06. The molecule has 9 rings (SSSR count). The minimum atomic E-state index is -0.667. The van der Waals surface area contributed by atoms with Gasteiger partial charge in [-0.1, -0.05) is 12.1 Å². The highest BCUT2D eigenvalue weighted by Crippen LogP contribution is 2.54. The molecule has 4 aromatic carbocycles. The number of amides is 1. The molecule has 7 bridgehead atoms. The third kappa shape index (κ3) is 5.19. The van der Waals surface area contributed by atoms with Crippen molar-refractivity contribution in [1.82, 2.24) is 9.91 Å². The largest absolute Gasteiger partial charge is 0.493 e. The number of anilines is 1. The first kappa shape index (κ1) is 32.2. The predicted octanol–water partition coefficient (Wildman–Crippen LogP) is 5.79. The van der Waals surface area contributed by atoms with Crippen LogP contribution in [-0.4, -0.2) is 76.1 Å². The summed E-state index contributed by atoms with van der Waals surface area (Å²) in [5, 5.41) is 13.8. The van der Waals surface area contributed by atoms with Crippen LogP contribution in [-0.2, 0) is 30.5 Å². The van der Waals surface area contributed by atoms with Gasteiger partial charge in [0.2, 0.25) is 5.75 Å². The molecule has 0 saturated carbocycles. The van der Waals surface area contributed by atoms with Crippen molar-refractivity contribution < 1.29 is 38.3 Å². The van der Waals surface area contributed by atoms with Gasteiger partial charge in [-0.15, -0.1) is 0 Å². The molecule has 0 aromatic heterocycles. The molecule has 0 fully saturated rings. The molecule has 0 radical (unpaired) electrons. The molecule has 1 unspecified atom stereocenters. The lowest BCUT2D eigenvalue weighted by atomic mass is 9.85. The lowest BCUT2D eigenvalue weighted by Gasteiger charge is -2.48. The first-order chi connectivity index (χ1) is 24.3. The van der Waals surface area contributed by atoms with Crippen LogP contribution in [0.3, 0.4) is 0 Å². The molecule has 1 N–H and O–H groups in total. The number of rotatable bonds is 5. The second kappa shape index (κ2) is 12.7. The summed E-state index contributed by atoms with van der Waals surface area (Å²) in [6.07, 6.45) is 2.78. The molecule has 5 aliphatic rings. The van der Waals surface area contributed by atoms with Crippen molar-refractivity contribution in [2.75, 3.05) is 60.2 Å². The lowest BCUT2D eigenvalue weighted by molar-refractivity contribution is -0.125. The summed E-state index contributed by atoms with van der Waals surface area (Å²) in [6.45, 7) is 0.763. The molecular weight excluding hydrogens is 638 g/mol. The van der Waals surface area contributed by atoms with Crippen molar-refractivity contribution in [3.8, 4) is 46.0 Å². The molecule has 11 heteroatoms. The van der Waals surface area contributed by atoms with E-state index in [0.717, 1.165) is 36.1 Å². The average molecular weight is 680 g/mol. The van der Waals surface area contributed by atoms with E-state index in [2.05, 4.69) is 36.2 Å². The smallest absolute Gasteiger partial charge is 0.267 e. The Morgan fingerprint density at radius 1 is 0.780 bits per heavy atom. The molecule has 2 atom stereocenters. The summed E-state index contributed by atoms with van der Waals surface area (Å²) in [4.78, 5) is 16.0. The van der Waals surface area contributed by atoms with Crippen molar-refractivity contribution >= 4 is 11.6 Å². The Bertz CT molecular complexity index is 1980. The van der Waals surface area contributed by atoms with Gasteiger partial charge in [0.15, 0.2) is 34.5 Å². The van der Waals surface area contributed by atoms with Gasteiger partial charge in [0.1, 0.15) is 12.4 Å². The van der Waals surface area contributed by atoms with Crippen LogP contribution in [0.1, 0.15) is 45.5 Å². The van der Waals surface area contributed by atoms with Crippen LogP contribution < -0.4 is 33.4 Å². The number of hydrogen-bond donors (Lipinski definition) is 1. The van der Waals surface area contributed by atoms with Crippen LogP contribution in [0.5, 0.6) is 46.0 Å². The number of hydrogen-bond acceptors (Lipinski definition) is 10. The number of carbonyl (C=O) groups is 1. The fourth-order valence-corrected chi connectivity index (χ4v) is 8.06. The third-order valence-corrected chi connectivity index (χ3v) is 10.5. The highest BCUT2D eigenvalue weighted by atomic mass is 16.5. The Morgan fingerprint density at radius 3 is 2.20 bits per heavy atom. The highest BCUT2D eigenvalue weighted by Gasteiger charge is 2.43. The maximum atomic E-state index is 13.6. The molecule has 0 saturated heterocycles. The molecule has 1 amide bonds. The number of nitrogens with zero attached hydrogens (tertiary/aromatic N) is 3. The zero-order valence-electron chi connectivity index (χ0n) is 28.9. The molecule has 0 spiro atoms. The van der Waals surface area contributed by atoms with Crippen LogP contribution in [0.4, 0.5) is 5.69 Å². The van der Waals surface area contributed by atoms with Gasteiger partial charge >= 0.3 is 0 Å². The van der Waals surface area contributed by atoms with Crippen LogP contribution in [0.15, 0.2) is 54.6 Å². The van der Waals surface area contributed by atoms with Crippen molar-refractivity contribution in [1.29, 1.82) is 0 Å². The fraction of sp³-hybridized carbons (Fsp3) is 0.359. The minimum absolute atomic E-state index is 0.0980. The van der Waals surface area contributed by atoms with E-state index in [1.165, 1.54) is 16.7 Å². The molecular formula is C39H41N3O8. The van der Waals surface area contributed by atoms with E-state index in [0.29, 0.717) is 71.1 Å². The average Bonchev–Trinajstić information content (AvgIpc) is 3.14. The number of aliphatic hydroxyl groups excluding tert-OH is 1. The molecule has 260 valence electrons. The summed E-state index contributed by atoms with van der Waals surface area (Å²) in [5.74, 6) is 3.90. The van der Waals surface area contributed by atoms with Crippen molar-refractivity contribution in [2.24, 2.45) is 0 Å². The van der Waals surface area contributed by atoms with E-state index in [9.17, 15) is 9.90 Å². The van der Waals surface area contributed by atoms with Gasteiger partial charge < -0.3 is 33.5 Å². The lowest BCUT2D eigenvalue weighted by Crippen LogP contribution is -2.55. The van der Waals surface area contributed by atoms with Gasteiger partial charge in [0.25, 0.3) is 5.91 Å². The van der Waals surface area contributed by atoms with Crippen molar-refractivity contribution in [3.63, 3.8) is 0 Å². The second-order valence-electron chi connectivity index (χ2n) is 13.1. The van der Waals surface area contributed by atoms with Crippen LogP contribution in [0.2, 0.25) is 0 Å². The second-order valence-corrected chi connectivity index (χ2v) is 13.1. The summed E-state index contributed by atoms with van der Waals surface area (Å²) in [7, 11) is 8.62. The van der Waals surface area contributed by atoms with E-state index < -0.39 is 12.5 Å². The van der Waals surface area contributed by atoms with E-state index in [4.69, 9.17) is 28.4 Å². The molecule has 11 nitrogen and oxygen atoms in total. The van der Waals surface area contributed by atoms with Crippen molar-refractivity contribution in [2.45, 2.75) is 37.8 Å². The van der Waals surface area contributed by atoms with Gasteiger partial charge in [-0.3, -0.25) is 9.69 Å². The molecule has 5 heterocycles. The Labute approximate surface area is 291 Å². The van der Waals surface area contributed by atoms with Gasteiger partial charge in [-0.2, -0.15) is 0 Å². The maximum Gasteiger partial charge on any atom is 0.267 e.